The van der Waals surface area contributed by atoms with Gasteiger partial charge in [-0.25, -0.2) is 0 Å². The topological polar surface area (TPSA) is 77.8 Å². The van der Waals surface area contributed by atoms with Gasteiger partial charge >= 0.3 is 5.97 Å². The maximum absolute atomic E-state index is 10.3. The quantitative estimate of drug-likeness (QED) is 0.536. The molecule has 0 bridgehead atoms. The standard InChI is InChI=1S/C7H14O4/c1-4(8)3-6(9)5(2)7(10)11/h4-6,8-9H,3H2,1-2H3,(H,10,11). The predicted molar refractivity (Wildman–Crippen MR) is 39.1 cm³/mol. The monoisotopic (exact) mass is 162 g/mol. The molecule has 0 radical (unpaired) electrons. The van der Waals surface area contributed by atoms with Gasteiger partial charge in [-0.2, -0.15) is 0 Å². The van der Waals surface area contributed by atoms with E-state index >= 15 is 0 Å². The largest absolute Gasteiger partial charge is 0.481 e. The van der Waals surface area contributed by atoms with Gasteiger partial charge in [0.2, 0.25) is 0 Å². The highest BCUT2D eigenvalue weighted by atomic mass is 16.4. The summed E-state index contributed by atoms with van der Waals surface area (Å²) in [4.78, 5) is 10.3. The molecule has 4 nitrogen and oxygen atoms in total. The average Bonchev–Trinajstić information content (AvgIpc) is 1.84. The van der Waals surface area contributed by atoms with E-state index in [1.807, 2.05) is 0 Å². The Labute approximate surface area is 65.5 Å². The van der Waals surface area contributed by atoms with Gasteiger partial charge in [0, 0.05) is 0 Å². The molecule has 0 aliphatic rings. The van der Waals surface area contributed by atoms with E-state index in [1.165, 1.54) is 13.8 Å². The van der Waals surface area contributed by atoms with Gasteiger partial charge in [-0.15, -0.1) is 0 Å². The van der Waals surface area contributed by atoms with Gasteiger partial charge in [0.25, 0.3) is 0 Å². The van der Waals surface area contributed by atoms with Crippen molar-refractivity contribution in [1.82, 2.24) is 0 Å². The highest BCUT2D eigenvalue weighted by Gasteiger charge is 2.22. The third-order valence-electron chi connectivity index (χ3n) is 1.55. The Kier molecular flexibility index (Phi) is 4.07. The molecule has 0 aromatic rings. The van der Waals surface area contributed by atoms with Crippen molar-refractivity contribution < 1.29 is 20.1 Å². The molecule has 0 saturated heterocycles. The molecule has 0 aliphatic heterocycles. The van der Waals surface area contributed by atoms with E-state index in [9.17, 15) is 4.79 Å². The van der Waals surface area contributed by atoms with Crippen molar-refractivity contribution in [3.8, 4) is 0 Å². The smallest absolute Gasteiger partial charge is 0.308 e. The minimum atomic E-state index is -1.04. The molecule has 11 heavy (non-hydrogen) atoms. The lowest BCUT2D eigenvalue weighted by atomic mass is 10.0. The normalized spacial score (nSPS) is 18.9. The molecule has 4 heteroatoms. The molecule has 3 atom stereocenters. The van der Waals surface area contributed by atoms with Gasteiger partial charge in [0.15, 0.2) is 0 Å². The van der Waals surface area contributed by atoms with Crippen LogP contribution < -0.4 is 0 Å². The van der Waals surface area contributed by atoms with Crippen LogP contribution in [0.2, 0.25) is 0 Å². The summed E-state index contributed by atoms with van der Waals surface area (Å²) in [5, 5.41) is 26.3. The molecule has 0 saturated carbocycles. The highest BCUT2D eigenvalue weighted by Crippen LogP contribution is 2.08. The maximum Gasteiger partial charge on any atom is 0.308 e. The van der Waals surface area contributed by atoms with Crippen LogP contribution in [0.15, 0.2) is 0 Å². The van der Waals surface area contributed by atoms with Crippen molar-refractivity contribution in [2.24, 2.45) is 5.92 Å². The van der Waals surface area contributed by atoms with Crippen molar-refractivity contribution >= 4 is 5.97 Å². The minimum Gasteiger partial charge on any atom is -0.481 e. The highest BCUT2D eigenvalue weighted by molar-refractivity contribution is 5.70. The summed E-state index contributed by atoms with van der Waals surface area (Å²) in [7, 11) is 0. The molecule has 0 fully saturated rings. The fraction of sp³-hybridized carbons (Fsp3) is 0.857. The first-order chi connectivity index (χ1) is 4.95. The van der Waals surface area contributed by atoms with E-state index in [0.717, 1.165) is 0 Å². The first-order valence-electron chi connectivity index (χ1n) is 3.54. The van der Waals surface area contributed by atoms with Gasteiger partial charge in [-0.3, -0.25) is 4.79 Å². The van der Waals surface area contributed by atoms with Gasteiger partial charge in [-0.1, -0.05) is 0 Å². The van der Waals surface area contributed by atoms with E-state index in [0.29, 0.717) is 0 Å². The number of aliphatic hydroxyl groups excluding tert-OH is 2. The van der Waals surface area contributed by atoms with Crippen LogP contribution in [-0.2, 0) is 4.79 Å². The lowest BCUT2D eigenvalue weighted by Crippen LogP contribution is -2.28. The lowest BCUT2D eigenvalue weighted by molar-refractivity contribution is -0.145. The molecular weight excluding hydrogens is 148 g/mol. The van der Waals surface area contributed by atoms with Crippen molar-refractivity contribution in [1.29, 1.82) is 0 Å². The Morgan fingerprint density at radius 3 is 2.09 bits per heavy atom. The predicted octanol–water partition coefficient (Wildman–Crippen LogP) is -0.161. The molecular formula is C7H14O4. The van der Waals surface area contributed by atoms with Crippen LogP contribution in [0.25, 0.3) is 0 Å². The number of carboxylic acids is 1. The SMILES string of the molecule is CC(O)CC(O)C(C)C(=O)O. The molecule has 0 aromatic carbocycles. The molecule has 3 N–H and O–H groups in total. The molecule has 0 spiro atoms. The van der Waals surface area contributed by atoms with Crippen LogP contribution in [-0.4, -0.2) is 33.5 Å². The number of carbonyl (C=O) groups is 1. The molecule has 0 heterocycles. The number of carboxylic acid groups (broad SMARTS) is 1. The zero-order chi connectivity index (χ0) is 9.02. The average molecular weight is 162 g/mol. The Balaban J connectivity index is 3.82. The number of aliphatic hydroxyl groups is 2. The van der Waals surface area contributed by atoms with Crippen LogP contribution in [0.5, 0.6) is 0 Å². The minimum absolute atomic E-state index is 0.105. The van der Waals surface area contributed by atoms with Crippen LogP contribution in [0.1, 0.15) is 20.3 Å². The summed E-state index contributed by atoms with van der Waals surface area (Å²) >= 11 is 0. The Bertz CT molecular complexity index is 132. The Morgan fingerprint density at radius 1 is 1.36 bits per heavy atom. The second-order valence-electron chi connectivity index (χ2n) is 2.78. The molecule has 3 unspecified atom stereocenters. The second kappa shape index (κ2) is 4.31. The third kappa shape index (κ3) is 3.95. The zero-order valence-corrected chi connectivity index (χ0v) is 6.69. The Hall–Kier alpha value is -0.610. The van der Waals surface area contributed by atoms with Crippen LogP contribution in [0.4, 0.5) is 0 Å². The maximum atomic E-state index is 10.3. The van der Waals surface area contributed by atoms with Gasteiger partial charge < -0.3 is 15.3 Å². The van der Waals surface area contributed by atoms with Crippen molar-refractivity contribution in [2.45, 2.75) is 32.5 Å². The number of hydrogen-bond donors (Lipinski definition) is 3. The summed E-state index contributed by atoms with van der Waals surface area (Å²) in [5.74, 6) is -1.86. The molecule has 0 amide bonds. The van der Waals surface area contributed by atoms with Crippen LogP contribution >= 0.6 is 0 Å². The summed E-state index contributed by atoms with van der Waals surface area (Å²) in [6.45, 7) is 2.92. The lowest BCUT2D eigenvalue weighted by Gasteiger charge is -2.15. The van der Waals surface area contributed by atoms with Crippen molar-refractivity contribution in [2.75, 3.05) is 0 Å². The zero-order valence-electron chi connectivity index (χ0n) is 6.69. The summed E-state index contributed by atoms with van der Waals surface area (Å²) in [6.07, 6.45) is -1.52. The van der Waals surface area contributed by atoms with E-state index in [1.54, 1.807) is 0 Å². The summed E-state index contributed by atoms with van der Waals surface area (Å²) in [5.41, 5.74) is 0. The van der Waals surface area contributed by atoms with Gasteiger partial charge in [0.1, 0.15) is 0 Å². The molecule has 66 valence electrons. The van der Waals surface area contributed by atoms with Crippen LogP contribution in [0, 0.1) is 5.92 Å². The van der Waals surface area contributed by atoms with E-state index < -0.39 is 24.1 Å². The first kappa shape index (κ1) is 10.4. The van der Waals surface area contributed by atoms with E-state index in [2.05, 4.69) is 0 Å². The fourth-order valence-corrected chi connectivity index (χ4v) is 0.718. The fourth-order valence-electron chi connectivity index (χ4n) is 0.718. The molecule has 0 rings (SSSR count). The van der Waals surface area contributed by atoms with Crippen molar-refractivity contribution in [3.63, 3.8) is 0 Å². The summed E-state index contributed by atoms with van der Waals surface area (Å²) < 4.78 is 0. The number of aliphatic carboxylic acids is 1. The van der Waals surface area contributed by atoms with E-state index in [4.69, 9.17) is 15.3 Å². The third-order valence-corrected chi connectivity index (χ3v) is 1.55. The van der Waals surface area contributed by atoms with Crippen LogP contribution in [0.3, 0.4) is 0 Å². The Morgan fingerprint density at radius 2 is 1.82 bits per heavy atom. The summed E-state index contributed by atoms with van der Waals surface area (Å²) in [6, 6.07) is 0. The number of rotatable bonds is 4. The van der Waals surface area contributed by atoms with Crippen molar-refractivity contribution in [3.05, 3.63) is 0 Å². The van der Waals surface area contributed by atoms with Gasteiger partial charge in [-0.05, 0) is 20.3 Å². The molecule has 0 aliphatic carbocycles. The molecule has 0 aromatic heterocycles. The van der Waals surface area contributed by atoms with Gasteiger partial charge in [0.05, 0.1) is 18.1 Å². The number of hydrogen-bond acceptors (Lipinski definition) is 3. The van der Waals surface area contributed by atoms with E-state index in [-0.39, 0.29) is 6.42 Å². The first-order valence-corrected chi connectivity index (χ1v) is 3.54. The second-order valence-corrected chi connectivity index (χ2v) is 2.78.